The zero-order chi connectivity index (χ0) is 18.5. The number of anilines is 1. The summed E-state index contributed by atoms with van der Waals surface area (Å²) in [6.07, 6.45) is 8.54. The van der Waals surface area contributed by atoms with Gasteiger partial charge >= 0.3 is 0 Å². The third kappa shape index (κ3) is 4.35. The molecule has 2 aliphatic rings. The van der Waals surface area contributed by atoms with E-state index in [9.17, 15) is 9.59 Å². The van der Waals surface area contributed by atoms with Crippen LogP contribution in [0.25, 0.3) is 0 Å². The van der Waals surface area contributed by atoms with E-state index in [1.807, 2.05) is 47.9 Å². The summed E-state index contributed by atoms with van der Waals surface area (Å²) in [7, 11) is 0. The maximum absolute atomic E-state index is 13.0. The fourth-order valence-electron chi connectivity index (χ4n) is 4.05. The minimum Gasteiger partial charge on any atom is -0.342 e. The number of carbonyl (C=O) groups excluding carboxylic acids is 2. The molecule has 1 fully saturated rings. The topological polar surface area (TPSA) is 40.6 Å². The van der Waals surface area contributed by atoms with Crippen molar-refractivity contribution in [3.05, 3.63) is 41.5 Å². The van der Waals surface area contributed by atoms with Gasteiger partial charge in [-0.05, 0) is 63.6 Å². The van der Waals surface area contributed by atoms with Gasteiger partial charge in [0.1, 0.15) is 0 Å². The number of likely N-dealkylation sites (tertiary alicyclic amines) is 1. The van der Waals surface area contributed by atoms with Gasteiger partial charge in [-0.2, -0.15) is 0 Å². The van der Waals surface area contributed by atoms with Gasteiger partial charge in [0.15, 0.2) is 0 Å². The fraction of sp³-hybridized carbons (Fsp3) is 0.545. The second kappa shape index (κ2) is 8.52. The lowest BCUT2D eigenvalue weighted by atomic mass is 9.97. The Morgan fingerprint density at radius 2 is 2.15 bits per heavy atom. The Morgan fingerprint density at radius 1 is 1.31 bits per heavy atom. The first-order valence-corrected chi connectivity index (χ1v) is 9.92. The molecule has 1 atom stereocenters. The molecular weight excluding hydrogens is 324 g/mol. The maximum atomic E-state index is 13.0. The molecule has 0 radical (unpaired) electrons. The molecule has 4 nitrogen and oxygen atoms in total. The van der Waals surface area contributed by atoms with Crippen molar-refractivity contribution in [2.24, 2.45) is 5.92 Å². The summed E-state index contributed by atoms with van der Waals surface area (Å²) in [6, 6.07) is 8.01. The molecule has 0 N–H and O–H groups in total. The second-order valence-electron chi connectivity index (χ2n) is 7.52. The summed E-state index contributed by atoms with van der Waals surface area (Å²) in [5.41, 5.74) is 3.54. The lowest BCUT2D eigenvalue weighted by Gasteiger charge is -2.25. The van der Waals surface area contributed by atoms with Gasteiger partial charge in [-0.25, -0.2) is 0 Å². The predicted octanol–water partition coefficient (Wildman–Crippen LogP) is 4.09. The first kappa shape index (κ1) is 18.7. The molecule has 1 unspecified atom stereocenters. The van der Waals surface area contributed by atoms with Crippen LogP contribution in [0.5, 0.6) is 0 Å². The van der Waals surface area contributed by atoms with Crippen molar-refractivity contribution in [3.8, 4) is 0 Å². The largest absolute Gasteiger partial charge is 0.342 e. The number of allylic oxidation sites excluding steroid dienone is 1. The van der Waals surface area contributed by atoms with Crippen LogP contribution in [0.2, 0.25) is 0 Å². The molecule has 1 aliphatic heterocycles. The van der Waals surface area contributed by atoms with E-state index in [0.717, 1.165) is 24.2 Å². The molecule has 1 aromatic carbocycles. The Morgan fingerprint density at radius 3 is 2.85 bits per heavy atom. The van der Waals surface area contributed by atoms with Crippen LogP contribution in [0.3, 0.4) is 0 Å². The molecule has 1 aromatic rings. The van der Waals surface area contributed by atoms with Crippen molar-refractivity contribution < 1.29 is 9.59 Å². The fourth-order valence-corrected chi connectivity index (χ4v) is 4.05. The smallest absolute Gasteiger partial charge is 0.232 e. The van der Waals surface area contributed by atoms with Crippen LogP contribution in [0.4, 0.5) is 5.69 Å². The Kier molecular flexibility index (Phi) is 6.12. The number of hydrogen-bond donors (Lipinski definition) is 0. The zero-order valence-electron chi connectivity index (χ0n) is 16.0. The van der Waals surface area contributed by atoms with Crippen LogP contribution in [0.1, 0.15) is 51.0 Å². The number of hydrogen-bond acceptors (Lipinski definition) is 2. The second-order valence-corrected chi connectivity index (χ2v) is 7.52. The van der Waals surface area contributed by atoms with Crippen molar-refractivity contribution in [1.82, 2.24) is 4.90 Å². The van der Waals surface area contributed by atoms with Crippen LogP contribution >= 0.6 is 0 Å². The molecule has 4 heteroatoms. The van der Waals surface area contributed by atoms with Gasteiger partial charge in [0.05, 0.1) is 5.92 Å². The monoisotopic (exact) mass is 354 g/mol. The van der Waals surface area contributed by atoms with E-state index in [1.165, 1.54) is 31.3 Å². The van der Waals surface area contributed by atoms with E-state index < -0.39 is 0 Å². The summed E-state index contributed by atoms with van der Waals surface area (Å²) < 4.78 is 0. The average molecular weight is 354 g/mol. The molecule has 0 saturated carbocycles. The number of rotatable bonds is 6. The lowest BCUT2D eigenvalue weighted by molar-refractivity contribution is -0.128. The third-order valence-corrected chi connectivity index (χ3v) is 5.55. The van der Waals surface area contributed by atoms with Gasteiger partial charge in [0, 0.05) is 31.7 Å². The molecule has 0 bridgehead atoms. The Labute approximate surface area is 156 Å². The van der Waals surface area contributed by atoms with E-state index in [2.05, 4.69) is 6.08 Å². The van der Waals surface area contributed by atoms with E-state index in [0.29, 0.717) is 19.5 Å². The van der Waals surface area contributed by atoms with Gasteiger partial charge in [-0.1, -0.05) is 23.8 Å². The third-order valence-electron chi connectivity index (χ3n) is 5.55. The van der Waals surface area contributed by atoms with Crippen LogP contribution in [0, 0.1) is 12.8 Å². The summed E-state index contributed by atoms with van der Waals surface area (Å²) in [4.78, 5) is 29.1. The molecule has 1 saturated heterocycles. The van der Waals surface area contributed by atoms with Gasteiger partial charge < -0.3 is 9.80 Å². The molecular formula is C22H30N2O2. The van der Waals surface area contributed by atoms with E-state index in [-0.39, 0.29) is 17.7 Å². The van der Waals surface area contributed by atoms with Gasteiger partial charge in [-0.15, -0.1) is 0 Å². The Bertz CT molecular complexity index is 695. The Balaban J connectivity index is 1.61. The van der Waals surface area contributed by atoms with Crippen molar-refractivity contribution in [2.75, 3.05) is 24.5 Å². The van der Waals surface area contributed by atoms with Crippen molar-refractivity contribution in [1.29, 1.82) is 0 Å². The van der Waals surface area contributed by atoms with Gasteiger partial charge in [0.25, 0.3) is 0 Å². The lowest BCUT2D eigenvalue weighted by Crippen LogP contribution is -2.37. The standard InChI is InChI=1S/C22H30N2O2/c1-3-24(20-11-7-8-17(2)14-20)22(26)19-15-21(25)23(16-19)13-12-18-9-5-4-6-10-18/h7-9,11,14,19H,3-6,10,12-13,15-16H2,1-2H3. The van der Waals surface area contributed by atoms with Gasteiger partial charge in [0.2, 0.25) is 11.8 Å². The highest BCUT2D eigenvalue weighted by Gasteiger charge is 2.36. The SMILES string of the molecule is CCN(C(=O)C1CC(=O)N(CCC2=CCCCC2)C1)c1cccc(C)c1. The number of amides is 2. The maximum Gasteiger partial charge on any atom is 0.232 e. The highest BCUT2D eigenvalue weighted by Crippen LogP contribution is 2.26. The van der Waals surface area contributed by atoms with Crippen molar-refractivity contribution in [3.63, 3.8) is 0 Å². The molecule has 1 aliphatic carbocycles. The van der Waals surface area contributed by atoms with E-state index >= 15 is 0 Å². The summed E-state index contributed by atoms with van der Waals surface area (Å²) >= 11 is 0. The van der Waals surface area contributed by atoms with Crippen LogP contribution in [0.15, 0.2) is 35.9 Å². The van der Waals surface area contributed by atoms with E-state index in [4.69, 9.17) is 0 Å². The highest BCUT2D eigenvalue weighted by atomic mass is 16.2. The summed E-state index contributed by atoms with van der Waals surface area (Å²) in [6.45, 7) is 5.96. The molecule has 140 valence electrons. The first-order valence-electron chi connectivity index (χ1n) is 9.92. The number of benzene rings is 1. The molecule has 26 heavy (non-hydrogen) atoms. The predicted molar refractivity (Wildman–Crippen MR) is 105 cm³/mol. The summed E-state index contributed by atoms with van der Waals surface area (Å²) in [5.74, 6) is -0.0193. The minimum atomic E-state index is -0.219. The molecule has 1 heterocycles. The van der Waals surface area contributed by atoms with Crippen molar-refractivity contribution in [2.45, 2.75) is 52.4 Å². The van der Waals surface area contributed by atoms with Crippen LogP contribution in [-0.4, -0.2) is 36.3 Å². The highest BCUT2D eigenvalue weighted by molar-refractivity contribution is 5.99. The molecule has 0 spiro atoms. The van der Waals surface area contributed by atoms with Crippen molar-refractivity contribution >= 4 is 17.5 Å². The normalized spacial score (nSPS) is 20.2. The quantitative estimate of drug-likeness (QED) is 0.722. The molecule has 2 amide bonds. The van der Waals surface area contributed by atoms with Gasteiger partial charge in [-0.3, -0.25) is 9.59 Å². The minimum absolute atomic E-state index is 0.0748. The number of carbonyl (C=O) groups is 2. The first-order chi connectivity index (χ1) is 12.6. The molecule has 3 rings (SSSR count). The number of aryl methyl sites for hydroxylation is 1. The van der Waals surface area contributed by atoms with E-state index in [1.54, 1.807) is 0 Å². The number of nitrogens with zero attached hydrogens (tertiary/aromatic N) is 2. The Hall–Kier alpha value is -2.10. The van der Waals surface area contributed by atoms with Crippen LogP contribution in [-0.2, 0) is 9.59 Å². The molecule has 0 aromatic heterocycles. The summed E-state index contributed by atoms with van der Waals surface area (Å²) in [5, 5.41) is 0. The van der Waals surface area contributed by atoms with Crippen LogP contribution < -0.4 is 4.90 Å². The zero-order valence-corrected chi connectivity index (χ0v) is 16.0. The average Bonchev–Trinajstić information content (AvgIpc) is 3.02.